The minimum atomic E-state index is 0.637. The summed E-state index contributed by atoms with van der Waals surface area (Å²) in [6.45, 7) is 0. The summed E-state index contributed by atoms with van der Waals surface area (Å²) in [5, 5.41) is 24.3. The van der Waals surface area contributed by atoms with Gasteiger partial charge in [0, 0.05) is 38.5 Å². The zero-order chi connectivity index (χ0) is 30.1. The van der Waals surface area contributed by atoms with Crippen molar-refractivity contribution >= 4 is 86.8 Å². The molecule has 4 nitrogen and oxygen atoms in total. The van der Waals surface area contributed by atoms with Crippen LogP contribution in [-0.2, 0) is 0 Å². The summed E-state index contributed by atoms with van der Waals surface area (Å²) in [5.74, 6) is 0. The Hall–Kier alpha value is -6.44. The smallest absolute Gasteiger partial charge is 0.104 e. The summed E-state index contributed by atoms with van der Waals surface area (Å²) >= 11 is 0. The third-order valence-electron chi connectivity index (χ3n) is 10.1. The molecule has 3 aromatic heterocycles. The van der Waals surface area contributed by atoms with Gasteiger partial charge in [-0.15, -0.1) is 0 Å². The van der Waals surface area contributed by atoms with Gasteiger partial charge in [0.15, 0.2) is 0 Å². The number of fused-ring (bicyclic) bond motifs is 6. The van der Waals surface area contributed by atoms with Crippen LogP contribution >= 0.6 is 0 Å². The second-order valence-corrected chi connectivity index (χ2v) is 12.2. The molecule has 0 atom stereocenters. The fraction of sp³-hybridized carbons (Fsp3) is 0. The first-order valence-electron chi connectivity index (χ1n) is 15.5. The molecule has 0 aliphatic carbocycles. The first-order valence-corrected chi connectivity index (χ1v) is 15.5. The number of hydrogen-bond acceptors (Lipinski definition) is 2. The topological polar surface area (TPSA) is 46.5 Å². The van der Waals surface area contributed by atoms with E-state index in [-0.39, 0.29) is 0 Å². The molecular formula is C42H22N4. The number of hydrogen-bond donors (Lipinski definition) is 0. The molecule has 11 aromatic rings. The molecule has 0 radical (unpaired) electrons. The largest absolute Gasteiger partial charge is 0.308 e. The molecule has 0 N–H and O–H groups in total. The van der Waals surface area contributed by atoms with Crippen LogP contribution in [0.15, 0.2) is 134 Å². The summed E-state index contributed by atoms with van der Waals surface area (Å²) < 4.78 is 4.58. The van der Waals surface area contributed by atoms with Crippen LogP contribution in [0.25, 0.3) is 98.2 Å². The van der Waals surface area contributed by atoms with Crippen LogP contribution in [0.5, 0.6) is 0 Å². The highest BCUT2D eigenvalue weighted by Crippen LogP contribution is 2.46. The average molecular weight is 583 g/mol. The lowest BCUT2D eigenvalue weighted by atomic mass is 9.95. The maximum Gasteiger partial charge on any atom is 0.104 e. The van der Waals surface area contributed by atoms with Crippen molar-refractivity contribution in [2.75, 3.05) is 0 Å². The van der Waals surface area contributed by atoms with Crippen molar-refractivity contribution in [2.24, 2.45) is 0 Å². The van der Waals surface area contributed by atoms with Gasteiger partial charge in [-0.2, -0.15) is 5.26 Å². The monoisotopic (exact) mass is 582 g/mol. The van der Waals surface area contributed by atoms with E-state index in [1.165, 1.54) is 48.5 Å². The second-order valence-electron chi connectivity index (χ2n) is 12.2. The van der Waals surface area contributed by atoms with E-state index in [9.17, 15) is 5.26 Å². The van der Waals surface area contributed by atoms with Crippen molar-refractivity contribution in [1.29, 1.82) is 5.26 Å². The van der Waals surface area contributed by atoms with Crippen molar-refractivity contribution < 1.29 is 0 Å². The van der Waals surface area contributed by atoms with E-state index >= 15 is 0 Å². The van der Waals surface area contributed by atoms with Crippen LogP contribution in [0.4, 0.5) is 0 Å². The van der Waals surface area contributed by atoms with Gasteiger partial charge in [-0.25, -0.2) is 0 Å². The van der Waals surface area contributed by atoms with Gasteiger partial charge in [-0.1, -0.05) is 84.9 Å². The van der Waals surface area contributed by atoms with Gasteiger partial charge in [0.2, 0.25) is 0 Å². The Morgan fingerprint density at radius 2 is 0.826 bits per heavy atom. The molecule has 46 heavy (non-hydrogen) atoms. The Balaban J connectivity index is 1.30. The molecule has 0 saturated carbocycles. The van der Waals surface area contributed by atoms with E-state index in [1.807, 2.05) is 12.3 Å². The lowest BCUT2D eigenvalue weighted by Crippen LogP contribution is -2.03. The first kappa shape index (κ1) is 23.9. The molecule has 0 fully saturated rings. The van der Waals surface area contributed by atoms with Crippen LogP contribution < -0.4 is 0 Å². The fourth-order valence-corrected chi connectivity index (χ4v) is 8.41. The number of nitriles is 1. The Labute approximate surface area is 262 Å². The Bertz CT molecular complexity index is 2720. The van der Waals surface area contributed by atoms with Crippen LogP contribution in [0, 0.1) is 11.3 Å². The van der Waals surface area contributed by atoms with E-state index in [2.05, 4.69) is 137 Å². The van der Waals surface area contributed by atoms with Gasteiger partial charge in [0.05, 0.1) is 39.0 Å². The second kappa shape index (κ2) is 8.38. The third-order valence-corrected chi connectivity index (χ3v) is 10.1. The maximum absolute atomic E-state index is 11.0. The van der Waals surface area contributed by atoms with E-state index in [0.29, 0.717) is 5.56 Å². The van der Waals surface area contributed by atoms with Gasteiger partial charge < -0.3 is 9.13 Å². The van der Waals surface area contributed by atoms with Crippen molar-refractivity contribution in [3.05, 3.63) is 139 Å². The van der Waals surface area contributed by atoms with E-state index < -0.39 is 0 Å². The highest BCUT2D eigenvalue weighted by molar-refractivity contribution is 6.35. The minimum Gasteiger partial charge on any atom is -0.308 e. The molecule has 8 aromatic carbocycles. The van der Waals surface area contributed by atoms with Crippen molar-refractivity contribution in [3.63, 3.8) is 0 Å². The average Bonchev–Trinajstić information content (AvgIpc) is 3.64. The maximum atomic E-state index is 11.0. The molecule has 0 aliphatic heterocycles. The van der Waals surface area contributed by atoms with E-state index in [4.69, 9.17) is 4.98 Å². The van der Waals surface area contributed by atoms with Crippen LogP contribution in [0.1, 0.15) is 5.56 Å². The number of nitrogens with zero attached hydrogens (tertiary/aromatic N) is 4. The molecule has 0 unspecified atom stereocenters. The number of benzene rings is 8. The summed E-state index contributed by atoms with van der Waals surface area (Å²) in [6.07, 6.45) is 1.87. The summed E-state index contributed by atoms with van der Waals surface area (Å²) in [7, 11) is 0. The lowest BCUT2D eigenvalue weighted by Gasteiger charge is -2.15. The number of pyridine rings is 1. The zero-order valence-corrected chi connectivity index (χ0v) is 24.5. The van der Waals surface area contributed by atoms with Crippen molar-refractivity contribution in [2.45, 2.75) is 0 Å². The molecular weight excluding hydrogens is 560 g/mol. The Morgan fingerprint density at radius 1 is 0.413 bits per heavy atom. The quantitative estimate of drug-likeness (QED) is 0.190. The van der Waals surface area contributed by atoms with Gasteiger partial charge in [0.1, 0.15) is 11.6 Å². The van der Waals surface area contributed by atoms with Crippen molar-refractivity contribution in [3.8, 4) is 17.4 Å². The SMILES string of the molecule is N#Cc1c(-n2c3cccc4c5ccccc5c5cccc2c5c43)cccc1-n1c2cccc3c4cccnc4c4cccc1c4c32. The number of aromatic nitrogens is 3. The highest BCUT2D eigenvalue weighted by atomic mass is 15.0. The molecule has 0 bridgehead atoms. The molecule has 210 valence electrons. The zero-order valence-electron chi connectivity index (χ0n) is 24.5. The Kier molecular flexibility index (Phi) is 4.36. The first-order chi connectivity index (χ1) is 22.8. The summed E-state index contributed by atoms with van der Waals surface area (Å²) in [6, 6.07) is 47.8. The van der Waals surface area contributed by atoms with Crippen LogP contribution in [-0.4, -0.2) is 14.1 Å². The highest BCUT2D eigenvalue weighted by Gasteiger charge is 2.24. The summed E-state index contributed by atoms with van der Waals surface area (Å²) in [5.41, 5.74) is 7.76. The Morgan fingerprint density at radius 3 is 1.35 bits per heavy atom. The predicted octanol–water partition coefficient (Wildman–Crippen LogP) is 10.6. The molecule has 4 heteroatoms. The van der Waals surface area contributed by atoms with Gasteiger partial charge >= 0.3 is 0 Å². The van der Waals surface area contributed by atoms with Crippen molar-refractivity contribution in [1.82, 2.24) is 14.1 Å². The number of rotatable bonds is 2. The lowest BCUT2D eigenvalue weighted by molar-refractivity contribution is 1.12. The molecule has 0 spiro atoms. The standard InChI is InChI=1S/C42H22N4/c43-23-31-32(45-34-18-3-11-26-24-9-1-2-10-25(24)27-12-4-19-35(45)39(27)38(26)34)16-7-17-33(31)46-36-20-5-13-28-29-15-8-22-44-42(29)30-14-6-21-37(46)41(30)40(28)36/h1-22H. The molecule has 11 rings (SSSR count). The minimum absolute atomic E-state index is 0.637. The fourth-order valence-electron chi connectivity index (χ4n) is 8.41. The van der Waals surface area contributed by atoms with Crippen LogP contribution in [0.3, 0.4) is 0 Å². The van der Waals surface area contributed by atoms with Gasteiger partial charge in [-0.3, -0.25) is 4.98 Å². The molecule has 0 amide bonds. The van der Waals surface area contributed by atoms with E-state index in [1.54, 1.807) is 0 Å². The third kappa shape index (κ3) is 2.73. The normalized spacial score (nSPS) is 12.3. The summed E-state index contributed by atoms with van der Waals surface area (Å²) in [4.78, 5) is 4.82. The molecule has 3 heterocycles. The van der Waals surface area contributed by atoms with Gasteiger partial charge in [0.25, 0.3) is 0 Å². The predicted molar refractivity (Wildman–Crippen MR) is 190 cm³/mol. The molecule has 0 aliphatic rings. The van der Waals surface area contributed by atoms with E-state index in [0.717, 1.165) is 49.7 Å². The van der Waals surface area contributed by atoms with Crippen LogP contribution in [0.2, 0.25) is 0 Å². The van der Waals surface area contributed by atoms with Gasteiger partial charge in [-0.05, 0) is 69.4 Å². The molecule has 0 saturated heterocycles.